The van der Waals surface area contributed by atoms with Gasteiger partial charge in [0.2, 0.25) is 0 Å². The first-order valence-corrected chi connectivity index (χ1v) is 13.2. The molecular formula is C34H41NO. The van der Waals surface area contributed by atoms with Crippen LogP contribution in [0.3, 0.4) is 0 Å². The van der Waals surface area contributed by atoms with Crippen molar-refractivity contribution in [2.24, 2.45) is 16.2 Å². The Balaban J connectivity index is 1.83. The largest absolute Gasteiger partial charge is 0.456 e. The van der Waals surface area contributed by atoms with Crippen molar-refractivity contribution in [3.63, 3.8) is 0 Å². The predicted molar refractivity (Wildman–Crippen MR) is 154 cm³/mol. The Morgan fingerprint density at radius 3 is 2.06 bits per heavy atom. The molecule has 3 aromatic carbocycles. The molecular weight excluding hydrogens is 438 g/mol. The number of hydrogen-bond acceptors (Lipinski definition) is 2. The van der Waals surface area contributed by atoms with Crippen LogP contribution in [0, 0.1) is 16.2 Å². The van der Waals surface area contributed by atoms with Crippen LogP contribution in [0.25, 0.3) is 32.8 Å². The second-order valence-electron chi connectivity index (χ2n) is 14.3. The number of nitrogens with zero attached hydrogens (tertiary/aromatic N) is 1. The van der Waals surface area contributed by atoms with Gasteiger partial charge in [0.15, 0.2) is 0 Å². The van der Waals surface area contributed by atoms with E-state index >= 15 is 0 Å². The normalized spacial score (nSPS) is 14.5. The molecule has 2 nitrogen and oxygen atoms in total. The van der Waals surface area contributed by atoms with Crippen LogP contribution >= 0.6 is 0 Å². The van der Waals surface area contributed by atoms with E-state index in [0.29, 0.717) is 0 Å². The lowest BCUT2D eigenvalue weighted by Crippen LogP contribution is -2.13. The van der Waals surface area contributed by atoms with Gasteiger partial charge in [0.1, 0.15) is 11.5 Å². The molecule has 2 heterocycles. The summed E-state index contributed by atoms with van der Waals surface area (Å²) in [6, 6.07) is 13.4. The molecule has 0 atom stereocenters. The highest BCUT2D eigenvalue weighted by Gasteiger charge is 2.28. The molecule has 0 aliphatic carbocycles. The molecule has 36 heavy (non-hydrogen) atoms. The van der Waals surface area contributed by atoms with E-state index in [1.165, 1.54) is 21.9 Å². The zero-order chi connectivity index (χ0) is 27.8. The standard InChI is InChI=1S/C34H41NO/c1-32(2,3)18-21-10-11-25-24(14-21)17-26-30-29-23(12-13-35-30)15-22(19-33(4,5)6)16-28(29)36-31(26)27(25)20-34(7,8)9/h10-17H,18-20H2,1-9H3/i12D,13D. The van der Waals surface area contributed by atoms with E-state index in [9.17, 15) is 0 Å². The molecule has 0 saturated carbocycles. The second-order valence-corrected chi connectivity index (χ2v) is 14.3. The fourth-order valence-electron chi connectivity index (χ4n) is 5.55. The van der Waals surface area contributed by atoms with Crippen molar-refractivity contribution < 1.29 is 7.48 Å². The summed E-state index contributed by atoms with van der Waals surface area (Å²) in [6.07, 6.45) is 2.73. The van der Waals surface area contributed by atoms with Crippen molar-refractivity contribution in [3.05, 3.63) is 65.3 Å². The van der Waals surface area contributed by atoms with E-state index in [2.05, 4.69) is 98.7 Å². The predicted octanol–water partition coefficient (Wildman–Crippen LogP) is 9.93. The molecule has 1 aromatic heterocycles. The molecule has 1 aliphatic heterocycles. The van der Waals surface area contributed by atoms with Gasteiger partial charge in [-0.25, -0.2) is 0 Å². The third-order valence-electron chi connectivity index (χ3n) is 6.66. The van der Waals surface area contributed by atoms with E-state index in [1.807, 2.05) is 0 Å². The summed E-state index contributed by atoms with van der Waals surface area (Å²) in [6.45, 7) is 20.3. The fourth-order valence-corrected chi connectivity index (χ4v) is 5.55. The van der Waals surface area contributed by atoms with E-state index in [1.54, 1.807) is 0 Å². The summed E-state index contributed by atoms with van der Waals surface area (Å²) in [5.74, 6) is 1.60. The summed E-state index contributed by atoms with van der Waals surface area (Å²) in [7, 11) is 0. The van der Waals surface area contributed by atoms with Crippen LogP contribution in [-0.2, 0) is 19.3 Å². The van der Waals surface area contributed by atoms with Crippen LogP contribution in [0.1, 0.15) is 81.7 Å². The summed E-state index contributed by atoms with van der Waals surface area (Å²) in [4.78, 5) is 4.70. The number of fused-ring (bicyclic) bond motifs is 3. The highest BCUT2D eigenvalue weighted by atomic mass is 16.5. The number of ether oxygens (including phenoxy) is 1. The fraction of sp³-hybridized carbons (Fsp3) is 0.441. The maximum Gasteiger partial charge on any atom is 0.140 e. The third kappa shape index (κ3) is 5.01. The summed E-state index contributed by atoms with van der Waals surface area (Å²) >= 11 is 0. The maximum atomic E-state index is 8.69. The van der Waals surface area contributed by atoms with Gasteiger partial charge in [0, 0.05) is 17.3 Å². The smallest absolute Gasteiger partial charge is 0.140 e. The first-order chi connectivity index (χ1) is 17.5. The van der Waals surface area contributed by atoms with Gasteiger partial charge in [0.05, 0.1) is 13.8 Å². The van der Waals surface area contributed by atoms with E-state index < -0.39 is 0 Å². The SMILES string of the molecule is [2H]c1nc2c3c(cc(CC(C)(C)C)cc3c1[2H])Oc1c-2cc2cc(CC(C)(C)C)ccc2c1CC(C)(C)C. The molecule has 0 fully saturated rings. The number of benzene rings is 3. The molecule has 0 bridgehead atoms. The highest BCUT2D eigenvalue weighted by Crippen LogP contribution is 2.50. The van der Waals surface area contributed by atoms with Crippen LogP contribution in [-0.4, -0.2) is 4.98 Å². The molecule has 0 unspecified atom stereocenters. The quantitative estimate of drug-likeness (QED) is 0.256. The van der Waals surface area contributed by atoms with E-state index in [0.717, 1.165) is 58.4 Å². The number of hydrogen-bond donors (Lipinski definition) is 0. The van der Waals surface area contributed by atoms with Crippen molar-refractivity contribution >= 4 is 21.5 Å². The monoisotopic (exact) mass is 481 g/mol. The lowest BCUT2D eigenvalue weighted by Gasteiger charge is -2.28. The molecule has 0 radical (unpaired) electrons. The molecule has 188 valence electrons. The molecule has 0 amide bonds. The molecule has 5 rings (SSSR count). The summed E-state index contributed by atoms with van der Waals surface area (Å²) in [5.41, 5.74) is 5.66. The van der Waals surface area contributed by atoms with Gasteiger partial charge in [-0.2, -0.15) is 0 Å². The lowest BCUT2D eigenvalue weighted by atomic mass is 9.82. The van der Waals surface area contributed by atoms with Gasteiger partial charge in [-0.05, 0) is 81.0 Å². The first kappa shape index (κ1) is 22.3. The van der Waals surface area contributed by atoms with E-state index in [4.69, 9.17) is 12.5 Å². The number of rotatable bonds is 3. The molecule has 0 N–H and O–H groups in total. The summed E-state index contributed by atoms with van der Waals surface area (Å²) in [5, 5.41) is 3.99. The van der Waals surface area contributed by atoms with Crippen molar-refractivity contribution in [1.29, 1.82) is 0 Å². The van der Waals surface area contributed by atoms with Crippen LogP contribution in [0.15, 0.2) is 48.6 Å². The maximum absolute atomic E-state index is 8.69. The topological polar surface area (TPSA) is 22.1 Å². The van der Waals surface area contributed by atoms with Crippen LogP contribution < -0.4 is 4.74 Å². The highest BCUT2D eigenvalue weighted by molar-refractivity contribution is 6.06. The Morgan fingerprint density at radius 1 is 0.750 bits per heavy atom. The van der Waals surface area contributed by atoms with Gasteiger partial charge < -0.3 is 4.74 Å². The van der Waals surface area contributed by atoms with Crippen molar-refractivity contribution in [3.8, 4) is 22.8 Å². The van der Waals surface area contributed by atoms with Gasteiger partial charge in [-0.15, -0.1) is 0 Å². The van der Waals surface area contributed by atoms with E-state index in [-0.39, 0.29) is 28.5 Å². The Hall–Kier alpha value is -2.87. The molecule has 0 saturated heterocycles. The molecule has 1 aliphatic rings. The van der Waals surface area contributed by atoms with Crippen molar-refractivity contribution in [2.45, 2.75) is 81.6 Å². The van der Waals surface area contributed by atoms with Crippen LogP contribution in [0.4, 0.5) is 0 Å². The van der Waals surface area contributed by atoms with Crippen LogP contribution in [0.2, 0.25) is 0 Å². The Labute approximate surface area is 219 Å². The Bertz CT molecular complexity index is 1580. The van der Waals surface area contributed by atoms with Gasteiger partial charge in [-0.1, -0.05) is 86.6 Å². The van der Waals surface area contributed by atoms with Gasteiger partial charge in [-0.3, -0.25) is 4.98 Å². The molecule has 2 heteroatoms. The number of aromatic nitrogens is 1. The minimum Gasteiger partial charge on any atom is -0.456 e. The minimum absolute atomic E-state index is 0.0122. The average molecular weight is 482 g/mol. The van der Waals surface area contributed by atoms with Crippen LogP contribution in [0.5, 0.6) is 11.5 Å². The van der Waals surface area contributed by atoms with Crippen molar-refractivity contribution in [1.82, 2.24) is 4.98 Å². The molecule has 0 spiro atoms. The Morgan fingerprint density at radius 2 is 1.39 bits per heavy atom. The van der Waals surface area contributed by atoms with Gasteiger partial charge in [0.25, 0.3) is 0 Å². The zero-order valence-electron chi connectivity index (χ0n) is 25.4. The van der Waals surface area contributed by atoms with Crippen molar-refractivity contribution in [2.75, 3.05) is 0 Å². The molecule has 4 aromatic rings. The average Bonchev–Trinajstić information content (AvgIpc) is 2.74. The van der Waals surface area contributed by atoms with Gasteiger partial charge >= 0.3 is 0 Å². The minimum atomic E-state index is 0.0122. The second kappa shape index (κ2) is 8.33. The Kier molecular flexibility index (Phi) is 5.17. The zero-order valence-corrected chi connectivity index (χ0v) is 23.4. The first-order valence-electron chi connectivity index (χ1n) is 14.2. The number of pyridine rings is 1. The lowest BCUT2D eigenvalue weighted by molar-refractivity contribution is 0.398. The third-order valence-corrected chi connectivity index (χ3v) is 6.66. The summed E-state index contributed by atoms with van der Waals surface area (Å²) < 4.78 is 24.1.